The van der Waals surface area contributed by atoms with Crippen molar-refractivity contribution in [3.05, 3.63) is 53.1 Å². The lowest BCUT2D eigenvalue weighted by molar-refractivity contribution is -0.129. The highest BCUT2D eigenvalue weighted by Gasteiger charge is 2.27. The minimum absolute atomic E-state index is 0.0384. The second-order valence-electron chi connectivity index (χ2n) is 9.50. The van der Waals surface area contributed by atoms with Crippen molar-refractivity contribution in [3.63, 3.8) is 0 Å². The third kappa shape index (κ3) is 5.45. The average molecular weight is 527 g/mol. The van der Waals surface area contributed by atoms with Crippen LogP contribution in [0, 0.1) is 0 Å². The first-order valence-electron chi connectivity index (χ1n) is 12.5. The number of aromatic hydroxyl groups is 2. The number of phenolic OH excluding ortho intramolecular Hbond substituents is 2. The Morgan fingerprint density at radius 3 is 2.69 bits per heavy atom. The molecule has 2 aliphatic rings. The number of phenols is 2. The molecule has 2 N–H and O–H groups in total. The van der Waals surface area contributed by atoms with Gasteiger partial charge >= 0.3 is 0 Å². The van der Waals surface area contributed by atoms with E-state index in [-0.39, 0.29) is 28.5 Å². The standard InChI is InChI=1S/C27H31ClN4O3S/c28-22-18-24(34)23(33)17-19(22)8-9-26(35)32-11-4-3-5-20(32)10-12-30-13-15-31(16-14-30)27-21-6-1-2-7-25(21)36-29-27/h1-2,6-9,17-18,20,33-34H,3-5,10-16H2/b9-8+/t20-/m1/s1. The fourth-order valence-corrected chi connectivity index (χ4v) is 6.17. The topological polar surface area (TPSA) is 80.1 Å². The summed E-state index contributed by atoms with van der Waals surface area (Å²) in [5.41, 5.74) is 0.500. The van der Waals surface area contributed by atoms with Gasteiger partial charge in [-0.3, -0.25) is 9.69 Å². The molecular formula is C27H31ClN4O3S. The molecule has 0 radical (unpaired) electrons. The SMILES string of the molecule is O=C(/C=C/c1cc(O)c(O)cc1Cl)N1CCCC[C@@H]1CCN1CCN(c2nsc3ccccc23)CC1. The molecule has 190 valence electrons. The van der Waals surface area contributed by atoms with Gasteiger partial charge in [0.2, 0.25) is 5.91 Å². The van der Waals surface area contributed by atoms with Gasteiger partial charge < -0.3 is 20.0 Å². The van der Waals surface area contributed by atoms with Crippen LogP contribution in [0.4, 0.5) is 5.82 Å². The summed E-state index contributed by atoms with van der Waals surface area (Å²) in [6, 6.07) is 11.3. The number of halogens is 1. The maximum atomic E-state index is 13.0. The number of rotatable bonds is 6. The Kier molecular flexibility index (Phi) is 7.65. The fraction of sp³-hybridized carbons (Fsp3) is 0.407. The summed E-state index contributed by atoms with van der Waals surface area (Å²) >= 11 is 7.71. The van der Waals surface area contributed by atoms with Gasteiger partial charge in [0.25, 0.3) is 0 Å². The zero-order chi connectivity index (χ0) is 25.1. The van der Waals surface area contributed by atoms with Gasteiger partial charge in [-0.25, -0.2) is 0 Å². The number of fused-ring (bicyclic) bond motifs is 1. The number of anilines is 1. The van der Waals surface area contributed by atoms with E-state index in [1.165, 1.54) is 28.3 Å². The first-order valence-corrected chi connectivity index (χ1v) is 13.7. The van der Waals surface area contributed by atoms with E-state index in [1.807, 2.05) is 4.90 Å². The van der Waals surface area contributed by atoms with Crippen molar-refractivity contribution in [1.82, 2.24) is 14.2 Å². The molecule has 0 bridgehead atoms. The van der Waals surface area contributed by atoms with E-state index >= 15 is 0 Å². The molecule has 3 aromatic rings. The molecule has 0 unspecified atom stereocenters. The van der Waals surface area contributed by atoms with Gasteiger partial charge in [0, 0.05) is 62.8 Å². The first-order chi connectivity index (χ1) is 17.5. The average Bonchev–Trinajstić information content (AvgIpc) is 3.33. The van der Waals surface area contributed by atoms with Gasteiger partial charge in [-0.05, 0) is 67.1 Å². The number of hydrogen-bond acceptors (Lipinski definition) is 7. The molecule has 1 atom stereocenters. The molecule has 2 aliphatic heterocycles. The zero-order valence-electron chi connectivity index (χ0n) is 20.1. The van der Waals surface area contributed by atoms with Gasteiger partial charge in [-0.1, -0.05) is 23.7 Å². The molecule has 0 saturated carbocycles. The van der Waals surface area contributed by atoms with E-state index in [1.54, 1.807) is 17.6 Å². The molecule has 2 aromatic carbocycles. The second kappa shape index (κ2) is 11.1. The number of aromatic nitrogens is 1. The summed E-state index contributed by atoms with van der Waals surface area (Å²) in [5.74, 6) is 0.530. The third-order valence-corrected chi connectivity index (χ3v) is 8.36. The predicted molar refractivity (Wildman–Crippen MR) is 146 cm³/mol. The zero-order valence-corrected chi connectivity index (χ0v) is 21.7. The van der Waals surface area contributed by atoms with Gasteiger partial charge in [-0.15, -0.1) is 0 Å². The van der Waals surface area contributed by atoms with Crippen LogP contribution in [0.2, 0.25) is 5.02 Å². The minimum atomic E-state index is -0.277. The molecule has 5 rings (SSSR count). The number of amides is 1. The van der Waals surface area contributed by atoms with Crippen LogP contribution in [-0.2, 0) is 4.79 Å². The molecular weight excluding hydrogens is 496 g/mol. The first kappa shape index (κ1) is 24.9. The van der Waals surface area contributed by atoms with Crippen molar-refractivity contribution >= 4 is 51.0 Å². The van der Waals surface area contributed by atoms with Crippen LogP contribution in [0.1, 0.15) is 31.2 Å². The number of carbonyl (C=O) groups excluding carboxylic acids is 1. The maximum Gasteiger partial charge on any atom is 0.246 e. The number of benzene rings is 2. The van der Waals surface area contributed by atoms with Gasteiger partial charge in [0.15, 0.2) is 11.5 Å². The van der Waals surface area contributed by atoms with Crippen molar-refractivity contribution in [1.29, 1.82) is 0 Å². The van der Waals surface area contributed by atoms with Crippen LogP contribution in [0.15, 0.2) is 42.5 Å². The quantitative estimate of drug-likeness (QED) is 0.349. The highest BCUT2D eigenvalue weighted by molar-refractivity contribution is 7.13. The fourth-order valence-electron chi connectivity index (χ4n) is 5.16. The van der Waals surface area contributed by atoms with Crippen LogP contribution in [-0.4, -0.2) is 75.6 Å². The van der Waals surface area contributed by atoms with Crippen molar-refractivity contribution < 1.29 is 15.0 Å². The number of piperazine rings is 1. The Hall–Kier alpha value is -2.81. The molecule has 1 aromatic heterocycles. The van der Waals surface area contributed by atoms with Crippen LogP contribution in [0.3, 0.4) is 0 Å². The number of carbonyl (C=O) groups is 1. The van der Waals surface area contributed by atoms with Crippen molar-refractivity contribution in [3.8, 4) is 11.5 Å². The molecule has 1 amide bonds. The van der Waals surface area contributed by atoms with E-state index in [0.717, 1.165) is 70.8 Å². The third-order valence-electron chi connectivity index (χ3n) is 7.22. The maximum absolute atomic E-state index is 13.0. The van der Waals surface area contributed by atoms with Crippen LogP contribution < -0.4 is 4.90 Å². The van der Waals surface area contributed by atoms with Gasteiger partial charge in [0.05, 0.1) is 9.72 Å². The lowest BCUT2D eigenvalue weighted by Gasteiger charge is -2.39. The highest BCUT2D eigenvalue weighted by Crippen LogP contribution is 2.32. The van der Waals surface area contributed by atoms with Crippen LogP contribution in [0.5, 0.6) is 11.5 Å². The minimum Gasteiger partial charge on any atom is -0.504 e. The number of hydrogen-bond donors (Lipinski definition) is 2. The predicted octanol–water partition coefficient (Wildman–Crippen LogP) is 4.97. The van der Waals surface area contributed by atoms with E-state index in [9.17, 15) is 15.0 Å². The van der Waals surface area contributed by atoms with E-state index in [4.69, 9.17) is 16.0 Å². The Morgan fingerprint density at radius 1 is 1.08 bits per heavy atom. The van der Waals surface area contributed by atoms with E-state index < -0.39 is 0 Å². The summed E-state index contributed by atoms with van der Waals surface area (Å²) in [6.07, 6.45) is 7.26. The summed E-state index contributed by atoms with van der Waals surface area (Å²) in [5, 5.41) is 20.8. The normalized spacial score (nSPS) is 19.4. The molecule has 36 heavy (non-hydrogen) atoms. The Bertz CT molecular complexity index is 1260. The summed E-state index contributed by atoms with van der Waals surface area (Å²) < 4.78 is 5.94. The molecule has 2 saturated heterocycles. The van der Waals surface area contributed by atoms with Gasteiger partial charge in [-0.2, -0.15) is 4.37 Å². The molecule has 2 fully saturated rings. The second-order valence-corrected chi connectivity index (χ2v) is 10.7. The molecule has 0 spiro atoms. The highest BCUT2D eigenvalue weighted by atomic mass is 35.5. The van der Waals surface area contributed by atoms with Crippen molar-refractivity contribution in [2.75, 3.05) is 44.2 Å². The van der Waals surface area contributed by atoms with E-state index in [2.05, 4.69) is 34.1 Å². The molecule has 0 aliphatic carbocycles. The Balaban J connectivity index is 1.15. The summed E-state index contributed by atoms with van der Waals surface area (Å²) in [7, 11) is 0. The molecule has 3 heterocycles. The van der Waals surface area contributed by atoms with Crippen LogP contribution >= 0.6 is 23.1 Å². The summed E-state index contributed by atoms with van der Waals surface area (Å²) in [4.78, 5) is 19.9. The lowest BCUT2D eigenvalue weighted by Crippen LogP contribution is -2.49. The monoisotopic (exact) mass is 526 g/mol. The number of piperidine rings is 1. The van der Waals surface area contributed by atoms with Crippen molar-refractivity contribution in [2.24, 2.45) is 0 Å². The Labute approximate surface area is 220 Å². The summed E-state index contributed by atoms with van der Waals surface area (Å²) in [6.45, 7) is 5.65. The van der Waals surface area contributed by atoms with Crippen LogP contribution in [0.25, 0.3) is 16.2 Å². The molecule has 9 heteroatoms. The lowest BCUT2D eigenvalue weighted by atomic mass is 9.98. The van der Waals surface area contributed by atoms with Gasteiger partial charge in [0.1, 0.15) is 5.82 Å². The Morgan fingerprint density at radius 2 is 1.86 bits per heavy atom. The molecule has 7 nitrogen and oxygen atoms in total. The largest absolute Gasteiger partial charge is 0.504 e. The van der Waals surface area contributed by atoms with Crippen molar-refractivity contribution in [2.45, 2.75) is 31.7 Å². The smallest absolute Gasteiger partial charge is 0.246 e. The number of nitrogens with zero attached hydrogens (tertiary/aromatic N) is 4. The number of likely N-dealkylation sites (tertiary alicyclic amines) is 1. The van der Waals surface area contributed by atoms with E-state index in [0.29, 0.717) is 5.56 Å².